The number of halogens is 1. The summed E-state index contributed by atoms with van der Waals surface area (Å²) in [4.78, 5) is 0. The number of benzene rings is 1. The summed E-state index contributed by atoms with van der Waals surface area (Å²) in [5, 5.41) is 0. The molecule has 1 aromatic rings. The van der Waals surface area contributed by atoms with Gasteiger partial charge in [-0.05, 0) is 12.1 Å². The first-order valence-electron chi connectivity index (χ1n) is 3.97. The van der Waals surface area contributed by atoms with E-state index in [0.717, 1.165) is 4.31 Å². The average molecular weight is 216 g/mol. The quantitative estimate of drug-likeness (QED) is 0.649. The second kappa shape index (κ2) is 2.60. The van der Waals surface area contributed by atoms with Gasteiger partial charge in [0.2, 0.25) is 10.0 Å². The average Bonchev–Trinajstić information content (AvgIpc) is 2.33. The molecule has 0 atom stereocenters. The predicted octanol–water partition coefficient (Wildman–Crippen LogP) is 0.688. The number of rotatable bonds is 0. The Hall–Kier alpha value is -1.30. The van der Waals surface area contributed by atoms with E-state index in [0.29, 0.717) is 11.3 Å². The highest BCUT2D eigenvalue weighted by molar-refractivity contribution is 7.92. The molecule has 2 N–H and O–H groups in total. The molecule has 0 saturated carbocycles. The van der Waals surface area contributed by atoms with Crippen LogP contribution in [0.25, 0.3) is 0 Å². The van der Waals surface area contributed by atoms with Crippen LogP contribution in [0.4, 0.5) is 15.8 Å². The molecule has 76 valence electrons. The zero-order chi connectivity index (χ0) is 10.5. The Morgan fingerprint density at radius 2 is 2.14 bits per heavy atom. The molecule has 1 aliphatic rings. The van der Waals surface area contributed by atoms with Crippen molar-refractivity contribution in [3.8, 4) is 0 Å². The van der Waals surface area contributed by atoms with E-state index in [-0.39, 0.29) is 11.4 Å². The molecule has 0 radical (unpaired) electrons. The number of nitrogens with two attached hydrogens (primary N) is 1. The molecular weight excluding hydrogens is 207 g/mol. The van der Waals surface area contributed by atoms with Crippen molar-refractivity contribution in [1.29, 1.82) is 0 Å². The molecule has 0 saturated heterocycles. The molecule has 0 fully saturated rings. The molecule has 0 bridgehead atoms. The maximum absolute atomic E-state index is 13.3. The van der Waals surface area contributed by atoms with Gasteiger partial charge in [0.05, 0.1) is 11.4 Å². The third-order valence-corrected chi connectivity index (χ3v) is 4.00. The first-order valence-corrected chi connectivity index (χ1v) is 5.58. The van der Waals surface area contributed by atoms with Crippen molar-refractivity contribution < 1.29 is 12.8 Å². The van der Waals surface area contributed by atoms with E-state index in [1.807, 2.05) is 0 Å². The second-order valence-corrected chi connectivity index (χ2v) is 5.19. The summed E-state index contributed by atoms with van der Waals surface area (Å²) in [5.74, 6) is -0.777. The van der Waals surface area contributed by atoms with Crippen LogP contribution in [0.5, 0.6) is 0 Å². The second-order valence-electron chi connectivity index (χ2n) is 3.19. The number of sulfonamides is 1. The van der Waals surface area contributed by atoms with Crippen molar-refractivity contribution in [3.05, 3.63) is 23.5 Å². The zero-order valence-electron chi connectivity index (χ0n) is 7.49. The Bertz CT molecular complexity index is 498. The van der Waals surface area contributed by atoms with Crippen molar-refractivity contribution in [3.63, 3.8) is 0 Å². The van der Waals surface area contributed by atoms with Gasteiger partial charge in [0.15, 0.2) is 0 Å². The predicted molar refractivity (Wildman–Crippen MR) is 51.8 cm³/mol. The molecule has 0 aromatic heterocycles. The van der Waals surface area contributed by atoms with Crippen LogP contribution >= 0.6 is 0 Å². The van der Waals surface area contributed by atoms with Gasteiger partial charge in [-0.15, -0.1) is 0 Å². The maximum atomic E-state index is 13.3. The van der Waals surface area contributed by atoms with Crippen LogP contribution in [0.3, 0.4) is 0 Å². The largest absolute Gasteiger partial charge is 0.398 e. The van der Waals surface area contributed by atoms with Crippen molar-refractivity contribution >= 4 is 21.4 Å². The summed E-state index contributed by atoms with van der Waals surface area (Å²) in [5.41, 5.74) is 6.31. The van der Waals surface area contributed by atoms with E-state index in [4.69, 9.17) is 5.73 Å². The molecular formula is C8H9FN2O2S. The number of hydrogen-bond donors (Lipinski definition) is 1. The fraction of sp³-hybridized carbons (Fsp3) is 0.250. The minimum atomic E-state index is -3.42. The number of anilines is 2. The molecule has 0 unspecified atom stereocenters. The van der Waals surface area contributed by atoms with Crippen LogP contribution in [-0.2, 0) is 15.8 Å². The SMILES string of the molecule is CN1c2c(F)ccc(N)c2CS1(=O)=O. The smallest absolute Gasteiger partial charge is 0.239 e. The lowest BCUT2D eigenvalue weighted by Crippen LogP contribution is -2.21. The number of nitrogens with zero attached hydrogens (tertiary/aromatic N) is 1. The van der Waals surface area contributed by atoms with Gasteiger partial charge < -0.3 is 5.73 Å². The van der Waals surface area contributed by atoms with Gasteiger partial charge in [0, 0.05) is 18.3 Å². The molecule has 0 amide bonds. The van der Waals surface area contributed by atoms with Gasteiger partial charge >= 0.3 is 0 Å². The van der Waals surface area contributed by atoms with Gasteiger partial charge in [0.1, 0.15) is 5.82 Å². The molecule has 1 heterocycles. The van der Waals surface area contributed by atoms with Gasteiger partial charge in [-0.3, -0.25) is 4.31 Å². The minimum absolute atomic E-state index is 0.0741. The molecule has 0 spiro atoms. The summed E-state index contributed by atoms with van der Waals surface area (Å²) < 4.78 is 37.1. The van der Waals surface area contributed by atoms with Crippen LogP contribution in [-0.4, -0.2) is 15.5 Å². The molecule has 1 aliphatic heterocycles. The number of nitrogen functional groups attached to an aromatic ring is 1. The normalized spacial score (nSPS) is 18.3. The van der Waals surface area contributed by atoms with E-state index in [1.165, 1.54) is 19.2 Å². The third kappa shape index (κ3) is 1.07. The first kappa shape index (κ1) is 9.26. The fourth-order valence-corrected chi connectivity index (χ4v) is 2.87. The lowest BCUT2D eigenvalue weighted by atomic mass is 10.1. The van der Waals surface area contributed by atoms with Crippen LogP contribution in [0, 0.1) is 5.82 Å². The van der Waals surface area contributed by atoms with Crippen molar-refractivity contribution in [1.82, 2.24) is 0 Å². The minimum Gasteiger partial charge on any atom is -0.398 e. The summed E-state index contributed by atoms with van der Waals surface area (Å²) in [6.07, 6.45) is 0. The Morgan fingerprint density at radius 3 is 2.71 bits per heavy atom. The first-order chi connectivity index (χ1) is 6.43. The number of fused-ring (bicyclic) bond motifs is 1. The van der Waals surface area contributed by atoms with Crippen LogP contribution in [0.2, 0.25) is 0 Å². The molecule has 6 heteroatoms. The molecule has 14 heavy (non-hydrogen) atoms. The Balaban J connectivity index is 2.76. The third-order valence-electron chi connectivity index (χ3n) is 2.33. The fourth-order valence-electron chi connectivity index (χ4n) is 1.53. The van der Waals surface area contributed by atoms with Crippen LogP contribution in [0.1, 0.15) is 5.56 Å². The van der Waals surface area contributed by atoms with Crippen LogP contribution < -0.4 is 10.0 Å². The standard InChI is InChI=1S/C8H9FN2O2S/c1-11-8-5(4-14(11,12)13)7(10)3-2-6(8)9/h2-3H,4,10H2,1H3. The number of hydrogen-bond acceptors (Lipinski definition) is 3. The topological polar surface area (TPSA) is 63.4 Å². The summed E-state index contributed by atoms with van der Waals surface area (Å²) in [6.45, 7) is 0. The lowest BCUT2D eigenvalue weighted by Gasteiger charge is -2.11. The molecule has 2 rings (SSSR count). The maximum Gasteiger partial charge on any atom is 0.239 e. The molecule has 0 aliphatic carbocycles. The summed E-state index contributed by atoms with van der Waals surface area (Å²) in [6, 6.07) is 2.55. The van der Waals surface area contributed by atoms with E-state index >= 15 is 0 Å². The molecule has 1 aromatic carbocycles. The van der Waals surface area contributed by atoms with E-state index < -0.39 is 15.8 Å². The van der Waals surface area contributed by atoms with Crippen molar-refractivity contribution in [2.24, 2.45) is 0 Å². The van der Waals surface area contributed by atoms with E-state index in [9.17, 15) is 12.8 Å². The highest BCUT2D eigenvalue weighted by Gasteiger charge is 2.34. The van der Waals surface area contributed by atoms with Crippen molar-refractivity contribution in [2.75, 3.05) is 17.1 Å². The lowest BCUT2D eigenvalue weighted by molar-refractivity contribution is 0.594. The van der Waals surface area contributed by atoms with Crippen molar-refractivity contribution in [2.45, 2.75) is 5.75 Å². The van der Waals surface area contributed by atoms with Gasteiger partial charge in [-0.2, -0.15) is 0 Å². The highest BCUT2D eigenvalue weighted by Crippen LogP contribution is 2.37. The summed E-state index contributed by atoms with van der Waals surface area (Å²) in [7, 11) is -2.09. The van der Waals surface area contributed by atoms with Gasteiger partial charge in [-0.25, -0.2) is 12.8 Å². The summed E-state index contributed by atoms with van der Waals surface area (Å²) >= 11 is 0. The van der Waals surface area contributed by atoms with E-state index in [1.54, 1.807) is 0 Å². The van der Waals surface area contributed by atoms with Gasteiger partial charge in [-0.1, -0.05) is 0 Å². The highest BCUT2D eigenvalue weighted by atomic mass is 32.2. The van der Waals surface area contributed by atoms with Gasteiger partial charge in [0.25, 0.3) is 0 Å². The zero-order valence-corrected chi connectivity index (χ0v) is 8.31. The van der Waals surface area contributed by atoms with Crippen LogP contribution in [0.15, 0.2) is 12.1 Å². The Kier molecular flexibility index (Phi) is 1.72. The molecule has 4 nitrogen and oxygen atoms in total. The van der Waals surface area contributed by atoms with E-state index in [2.05, 4.69) is 0 Å². The Labute approximate surface area is 81.2 Å². The Morgan fingerprint density at radius 1 is 1.50 bits per heavy atom. The monoisotopic (exact) mass is 216 g/mol.